The molecule has 0 unspecified atom stereocenters. The van der Waals surface area contributed by atoms with Crippen LogP contribution in [0.5, 0.6) is 5.75 Å². The van der Waals surface area contributed by atoms with Gasteiger partial charge in [-0.2, -0.15) is 5.10 Å². The Morgan fingerprint density at radius 1 is 1.29 bits per heavy atom. The number of rotatable bonds is 8. The average molecular weight is 424 g/mol. The van der Waals surface area contributed by atoms with E-state index in [9.17, 15) is 19.8 Å². The number of aliphatic hydroxyl groups is 2. The number of carbonyl (C=O) groups excluding carboxylic acids is 2. The number of methoxy groups -OCH3 is 1. The van der Waals surface area contributed by atoms with Crippen molar-refractivity contribution in [3.63, 3.8) is 0 Å². The first-order chi connectivity index (χ1) is 14.7. The maximum atomic E-state index is 12.4. The van der Waals surface area contributed by atoms with E-state index in [1.165, 1.54) is 24.2 Å². The van der Waals surface area contributed by atoms with Gasteiger partial charge < -0.3 is 30.9 Å². The summed E-state index contributed by atoms with van der Waals surface area (Å²) in [5, 5.41) is 37.2. The van der Waals surface area contributed by atoms with Gasteiger partial charge >= 0.3 is 0 Å². The normalized spacial score (nSPS) is 11.0. The Kier molecular flexibility index (Phi) is 6.13. The van der Waals surface area contributed by atoms with Gasteiger partial charge in [0.1, 0.15) is 6.33 Å². The molecule has 2 heterocycles. The van der Waals surface area contributed by atoms with Crippen molar-refractivity contribution >= 4 is 37.4 Å². The molecule has 2 amide bonds. The van der Waals surface area contributed by atoms with E-state index >= 15 is 0 Å². The lowest BCUT2D eigenvalue weighted by molar-refractivity contribution is -0.105. The van der Waals surface area contributed by atoms with Crippen LogP contribution < -0.4 is 20.7 Å². The van der Waals surface area contributed by atoms with E-state index in [-0.39, 0.29) is 17.2 Å². The molecule has 13 nitrogen and oxygen atoms in total. The quantitative estimate of drug-likeness (QED) is 0.173. The highest BCUT2D eigenvalue weighted by atomic mass is 16.5. The largest absolute Gasteiger partial charge is 0.494 e. The van der Waals surface area contributed by atoms with E-state index in [1.807, 2.05) is 0 Å². The van der Waals surface area contributed by atoms with Crippen molar-refractivity contribution in [3.8, 4) is 17.1 Å². The summed E-state index contributed by atoms with van der Waals surface area (Å²) >= 11 is 0. The molecular weight excluding hydrogens is 407 g/mol. The van der Waals surface area contributed by atoms with Gasteiger partial charge in [-0.05, 0) is 12.1 Å². The van der Waals surface area contributed by atoms with Crippen molar-refractivity contribution in [2.75, 3.05) is 17.7 Å². The van der Waals surface area contributed by atoms with Gasteiger partial charge in [-0.3, -0.25) is 14.3 Å². The second kappa shape index (κ2) is 8.77. The van der Waals surface area contributed by atoms with Crippen molar-refractivity contribution in [2.24, 2.45) is 7.05 Å². The summed E-state index contributed by atoms with van der Waals surface area (Å²) in [6.07, 6.45) is 1.91. The fraction of sp³-hybridized carbons (Fsp3) is 0.176. The van der Waals surface area contributed by atoms with Crippen molar-refractivity contribution < 1.29 is 24.5 Å². The van der Waals surface area contributed by atoms with Crippen LogP contribution in [0, 0.1) is 0 Å². The molecule has 31 heavy (non-hydrogen) atoms. The highest BCUT2D eigenvalue weighted by Gasteiger charge is 2.24. The molecule has 0 aliphatic carbocycles. The molecule has 1 aromatic carbocycles. The van der Waals surface area contributed by atoms with Gasteiger partial charge in [-0.25, -0.2) is 4.98 Å². The number of aryl methyl sites for hydroxylation is 1. The topological polar surface area (TPSA) is 176 Å². The Bertz CT molecular complexity index is 1110. The van der Waals surface area contributed by atoms with Crippen LogP contribution in [0.4, 0.5) is 17.2 Å². The van der Waals surface area contributed by atoms with Gasteiger partial charge in [0.25, 0.3) is 5.91 Å². The smallest absolute Gasteiger partial charge is 0.277 e. The SMILES string of the molecule is [B]C(O)(O)NC(=O)c1nnc(NC=O)cc1Nc1cccc(-c2ncn(C)n2)c1OC. The molecule has 5 N–H and O–H groups in total. The number of benzene rings is 1. The van der Waals surface area contributed by atoms with Gasteiger partial charge in [-0.1, -0.05) is 6.07 Å². The lowest BCUT2D eigenvalue weighted by Gasteiger charge is -2.20. The summed E-state index contributed by atoms with van der Waals surface area (Å²) < 4.78 is 7.04. The van der Waals surface area contributed by atoms with Gasteiger partial charge in [0.05, 0.1) is 24.0 Å². The van der Waals surface area contributed by atoms with Crippen LogP contribution in [0.15, 0.2) is 30.6 Å². The molecule has 0 aliphatic rings. The monoisotopic (exact) mass is 424 g/mol. The third-order valence-corrected chi connectivity index (χ3v) is 3.84. The highest BCUT2D eigenvalue weighted by molar-refractivity contribution is 6.15. The van der Waals surface area contributed by atoms with E-state index in [2.05, 4.69) is 30.9 Å². The van der Waals surface area contributed by atoms with Crippen LogP contribution in [0.3, 0.4) is 0 Å². The average Bonchev–Trinajstić information content (AvgIpc) is 3.13. The Morgan fingerprint density at radius 3 is 2.68 bits per heavy atom. The second-order valence-electron chi connectivity index (χ2n) is 6.19. The fourth-order valence-corrected chi connectivity index (χ4v) is 2.65. The van der Waals surface area contributed by atoms with Gasteiger partial charge in [0.2, 0.25) is 6.41 Å². The number of aromatic nitrogens is 5. The van der Waals surface area contributed by atoms with Crippen LogP contribution in [0.25, 0.3) is 11.4 Å². The number of carbonyl (C=O) groups is 2. The Morgan fingerprint density at radius 2 is 2.06 bits per heavy atom. The molecule has 0 aliphatic heterocycles. The molecule has 0 saturated heterocycles. The number of ether oxygens (including phenoxy) is 1. The number of para-hydroxylation sites is 1. The molecule has 3 rings (SSSR count). The first-order valence-electron chi connectivity index (χ1n) is 8.66. The molecule has 0 fully saturated rings. The molecule has 158 valence electrons. The third kappa shape index (κ3) is 5.12. The molecule has 2 aromatic heterocycles. The van der Waals surface area contributed by atoms with E-state index in [4.69, 9.17) is 12.6 Å². The molecule has 0 saturated carbocycles. The van der Waals surface area contributed by atoms with Crippen LogP contribution in [0.2, 0.25) is 0 Å². The standard InChI is InChI=1S/C17H17BN8O5/c1-26-7-19-15(25-26)9-4-3-5-10(14(9)31-2)21-11-6-12(20-8-27)23-24-13(11)16(28)22-17(18,29)30/h3-8,29-30H,1-2H3,(H,22,28)(H2,20,21,23,27). The number of hydrogen-bond acceptors (Lipinski definition) is 10. The van der Waals surface area contributed by atoms with Crippen LogP contribution >= 0.6 is 0 Å². The van der Waals surface area contributed by atoms with Gasteiger partial charge in [0.15, 0.2) is 36.7 Å². The molecule has 0 spiro atoms. The predicted octanol–water partition coefficient (Wildman–Crippen LogP) is -0.913. The minimum Gasteiger partial charge on any atom is -0.494 e. The third-order valence-electron chi connectivity index (χ3n) is 3.84. The second-order valence-corrected chi connectivity index (χ2v) is 6.19. The van der Waals surface area contributed by atoms with Crippen molar-refractivity contribution in [3.05, 3.63) is 36.3 Å². The van der Waals surface area contributed by atoms with E-state index < -0.39 is 11.7 Å². The zero-order valence-corrected chi connectivity index (χ0v) is 16.4. The van der Waals surface area contributed by atoms with Crippen LogP contribution in [0.1, 0.15) is 10.5 Å². The molecule has 14 heteroatoms. The van der Waals surface area contributed by atoms with Crippen molar-refractivity contribution in [2.45, 2.75) is 5.81 Å². The van der Waals surface area contributed by atoms with E-state index in [1.54, 1.807) is 30.6 Å². The maximum absolute atomic E-state index is 12.4. The zero-order valence-electron chi connectivity index (χ0n) is 16.4. The fourth-order valence-electron chi connectivity index (χ4n) is 2.65. The summed E-state index contributed by atoms with van der Waals surface area (Å²) in [6, 6.07) is 6.43. The summed E-state index contributed by atoms with van der Waals surface area (Å²) in [5.74, 6) is -3.22. The summed E-state index contributed by atoms with van der Waals surface area (Å²) in [7, 11) is 8.17. The van der Waals surface area contributed by atoms with Crippen LogP contribution in [-0.2, 0) is 11.8 Å². The van der Waals surface area contributed by atoms with E-state index in [0.29, 0.717) is 29.2 Å². The Labute approximate surface area is 176 Å². The van der Waals surface area contributed by atoms with Crippen LogP contribution in [-0.4, -0.2) is 68.3 Å². The first kappa shape index (κ1) is 21.7. The number of nitrogens with zero attached hydrogens (tertiary/aromatic N) is 5. The summed E-state index contributed by atoms with van der Waals surface area (Å²) in [6.45, 7) is 0. The summed E-state index contributed by atoms with van der Waals surface area (Å²) in [5.41, 5.74) is 0.695. The highest BCUT2D eigenvalue weighted by Crippen LogP contribution is 2.37. The molecule has 2 radical (unpaired) electrons. The van der Waals surface area contributed by atoms with E-state index in [0.717, 1.165) is 0 Å². The Balaban J connectivity index is 2.05. The summed E-state index contributed by atoms with van der Waals surface area (Å²) in [4.78, 5) is 27.4. The lowest BCUT2D eigenvalue weighted by Crippen LogP contribution is -2.49. The minimum atomic E-state index is -2.97. The zero-order chi connectivity index (χ0) is 22.6. The molecule has 0 atom stereocenters. The van der Waals surface area contributed by atoms with Crippen molar-refractivity contribution in [1.29, 1.82) is 0 Å². The molecular formula is C17H17BN8O5. The van der Waals surface area contributed by atoms with Gasteiger partial charge in [-0.15, -0.1) is 10.2 Å². The minimum absolute atomic E-state index is 0.0302. The number of anilines is 3. The maximum Gasteiger partial charge on any atom is 0.277 e. The van der Waals surface area contributed by atoms with Gasteiger partial charge in [0, 0.05) is 13.1 Å². The molecule has 0 bridgehead atoms. The number of hydrogen-bond donors (Lipinski definition) is 5. The Hall–Kier alpha value is -4.04. The predicted molar refractivity (Wildman–Crippen MR) is 108 cm³/mol. The first-order valence-corrected chi connectivity index (χ1v) is 8.66. The number of nitrogens with one attached hydrogen (secondary N) is 3. The molecule has 3 aromatic rings. The lowest BCUT2D eigenvalue weighted by atomic mass is 10.0. The number of amides is 2. The van der Waals surface area contributed by atoms with Crippen molar-refractivity contribution in [1.82, 2.24) is 30.3 Å².